The van der Waals surface area contributed by atoms with Crippen LogP contribution in [-0.2, 0) is 20.7 Å². The largest absolute Gasteiger partial charge is 0.479 e. The number of aryl methyl sites for hydroxylation is 1. The molecule has 1 N–H and O–H groups in total. The summed E-state index contributed by atoms with van der Waals surface area (Å²) in [5.74, 6) is 0.741. The summed E-state index contributed by atoms with van der Waals surface area (Å²) in [6, 6.07) is 9.42. The Hall–Kier alpha value is -2.87. The van der Waals surface area contributed by atoms with E-state index in [-0.39, 0.29) is 11.6 Å². The van der Waals surface area contributed by atoms with Crippen LogP contribution < -0.4 is 5.32 Å². The molecular formula is C25H27N3O4. The molecule has 0 radical (unpaired) electrons. The van der Waals surface area contributed by atoms with Crippen LogP contribution in [0.1, 0.15) is 33.5 Å². The normalized spacial score (nSPS) is 21.2. The number of pyridine rings is 1. The molecule has 1 atom stereocenters. The lowest BCUT2D eigenvalue weighted by Crippen LogP contribution is -2.42. The van der Waals surface area contributed by atoms with Gasteiger partial charge in [0.1, 0.15) is 5.76 Å². The smallest absolute Gasteiger partial charge is 0.208 e. The van der Waals surface area contributed by atoms with E-state index >= 15 is 0 Å². The minimum absolute atomic E-state index is 0.0263. The molecule has 1 aromatic heterocycles. The molecule has 2 aliphatic heterocycles. The van der Waals surface area contributed by atoms with Crippen molar-refractivity contribution in [1.82, 2.24) is 15.2 Å². The highest BCUT2D eigenvalue weighted by Crippen LogP contribution is 2.37. The fourth-order valence-corrected chi connectivity index (χ4v) is 4.56. The molecule has 1 saturated heterocycles. The Bertz CT molecular complexity index is 1040. The predicted molar refractivity (Wildman–Crippen MR) is 120 cm³/mol. The summed E-state index contributed by atoms with van der Waals surface area (Å²) in [5, 5.41) is 3.38. The van der Waals surface area contributed by atoms with E-state index in [2.05, 4.69) is 15.2 Å². The summed E-state index contributed by atoms with van der Waals surface area (Å²) in [7, 11) is 0. The minimum atomic E-state index is -0.576. The summed E-state index contributed by atoms with van der Waals surface area (Å²) in [5.41, 5.74) is 4.03. The van der Waals surface area contributed by atoms with Gasteiger partial charge in [-0.2, -0.15) is 0 Å². The Morgan fingerprint density at radius 3 is 2.66 bits per heavy atom. The molecule has 7 heteroatoms. The summed E-state index contributed by atoms with van der Waals surface area (Å²) < 4.78 is 11.6. The van der Waals surface area contributed by atoms with Crippen LogP contribution in [0.25, 0.3) is 11.3 Å². The van der Waals surface area contributed by atoms with Gasteiger partial charge in [0.05, 0.1) is 18.8 Å². The second-order valence-corrected chi connectivity index (χ2v) is 8.36. The molecule has 1 aliphatic carbocycles. The highest BCUT2D eigenvalue weighted by Gasteiger charge is 2.36. The van der Waals surface area contributed by atoms with E-state index in [1.54, 1.807) is 12.4 Å². The molecule has 32 heavy (non-hydrogen) atoms. The van der Waals surface area contributed by atoms with Crippen LogP contribution in [0.5, 0.6) is 0 Å². The predicted octanol–water partition coefficient (Wildman–Crippen LogP) is 1.97. The molecule has 3 heterocycles. The standard InChI is InChI=1S/C25H27N3O4/c29-21-4-2-18-15-19(1-3-20(18)21)25-23(17-5-7-26-8-6-17)24(30)22(32-25)16-27-9-10-28-11-13-31-14-12-28/h1,3,5-8,15,22,27H,2,4,9-14,16H2. The third-order valence-electron chi connectivity index (χ3n) is 6.32. The van der Waals surface area contributed by atoms with Gasteiger partial charge < -0.3 is 14.8 Å². The van der Waals surface area contributed by atoms with E-state index in [0.717, 1.165) is 68.1 Å². The van der Waals surface area contributed by atoms with E-state index in [1.165, 1.54) is 0 Å². The van der Waals surface area contributed by atoms with Crippen LogP contribution in [0.2, 0.25) is 0 Å². The first kappa shape index (κ1) is 21.0. The number of ketones is 2. The van der Waals surface area contributed by atoms with E-state index < -0.39 is 6.10 Å². The third-order valence-corrected chi connectivity index (χ3v) is 6.32. The maximum Gasteiger partial charge on any atom is 0.208 e. The van der Waals surface area contributed by atoms with Crippen molar-refractivity contribution in [3.05, 3.63) is 65.0 Å². The highest BCUT2D eigenvalue weighted by atomic mass is 16.5. The molecule has 1 aromatic carbocycles. The van der Waals surface area contributed by atoms with Crippen LogP contribution in [0, 0.1) is 0 Å². The average molecular weight is 434 g/mol. The fraction of sp³-hybridized carbons (Fsp3) is 0.400. The van der Waals surface area contributed by atoms with Crippen molar-refractivity contribution in [3.63, 3.8) is 0 Å². The van der Waals surface area contributed by atoms with Gasteiger partial charge in [-0.25, -0.2) is 0 Å². The van der Waals surface area contributed by atoms with Crippen LogP contribution in [-0.4, -0.2) is 73.5 Å². The van der Waals surface area contributed by atoms with Crippen molar-refractivity contribution < 1.29 is 19.1 Å². The summed E-state index contributed by atoms with van der Waals surface area (Å²) in [6.07, 6.45) is 4.07. The summed E-state index contributed by atoms with van der Waals surface area (Å²) in [4.78, 5) is 31.8. The zero-order chi connectivity index (χ0) is 21.9. The Morgan fingerprint density at radius 1 is 1.03 bits per heavy atom. The number of rotatable bonds is 7. The van der Waals surface area contributed by atoms with Crippen LogP contribution in [0.4, 0.5) is 0 Å². The first-order chi connectivity index (χ1) is 15.7. The monoisotopic (exact) mass is 433 g/mol. The van der Waals surface area contributed by atoms with Gasteiger partial charge in [0.2, 0.25) is 5.78 Å². The second-order valence-electron chi connectivity index (χ2n) is 8.36. The number of nitrogens with one attached hydrogen (secondary N) is 1. The number of morpholine rings is 1. The number of ether oxygens (including phenoxy) is 2. The number of Topliss-reactive ketones (excluding diaryl/α,β-unsaturated/α-hetero) is 2. The van der Waals surface area contributed by atoms with Gasteiger partial charge in [0, 0.05) is 62.7 Å². The lowest BCUT2D eigenvalue weighted by Gasteiger charge is -2.26. The van der Waals surface area contributed by atoms with Crippen molar-refractivity contribution in [3.8, 4) is 0 Å². The Balaban J connectivity index is 1.33. The number of benzene rings is 1. The molecule has 1 fully saturated rings. The second kappa shape index (κ2) is 9.32. The van der Waals surface area contributed by atoms with Crippen molar-refractivity contribution in [2.24, 2.45) is 0 Å². The Labute approximate surface area is 187 Å². The number of hydrogen-bond acceptors (Lipinski definition) is 7. The molecule has 3 aliphatic rings. The van der Waals surface area contributed by atoms with Gasteiger partial charge in [0.25, 0.3) is 0 Å². The Kier molecular flexibility index (Phi) is 6.12. The highest BCUT2D eigenvalue weighted by molar-refractivity contribution is 6.31. The van der Waals surface area contributed by atoms with E-state index in [4.69, 9.17) is 9.47 Å². The molecule has 0 spiro atoms. The fourth-order valence-electron chi connectivity index (χ4n) is 4.56. The molecule has 0 saturated carbocycles. The molecular weight excluding hydrogens is 406 g/mol. The number of aromatic nitrogens is 1. The number of hydrogen-bond donors (Lipinski definition) is 1. The van der Waals surface area contributed by atoms with Gasteiger partial charge >= 0.3 is 0 Å². The minimum Gasteiger partial charge on any atom is -0.479 e. The molecule has 1 unspecified atom stereocenters. The van der Waals surface area contributed by atoms with Crippen LogP contribution in [0.15, 0.2) is 42.7 Å². The number of fused-ring (bicyclic) bond motifs is 1. The number of carbonyl (C=O) groups excluding carboxylic acids is 2. The molecule has 7 nitrogen and oxygen atoms in total. The van der Waals surface area contributed by atoms with E-state index in [1.807, 2.05) is 30.3 Å². The van der Waals surface area contributed by atoms with Crippen molar-refractivity contribution in [1.29, 1.82) is 0 Å². The van der Waals surface area contributed by atoms with Gasteiger partial charge in [-0.3, -0.25) is 19.5 Å². The number of nitrogens with zero attached hydrogens (tertiary/aromatic N) is 2. The molecule has 0 amide bonds. The van der Waals surface area contributed by atoms with Crippen molar-refractivity contribution >= 4 is 22.9 Å². The zero-order valence-electron chi connectivity index (χ0n) is 18.0. The first-order valence-corrected chi connectivity index (χ1v) is 11.2. The topological polar surface area (TPSA) is 80.8 Å². The molecule has 166 valence electrons. The van der Waals surface area contributed by atoms with Crippen LogP contribution >= 0.6 is 0 Å². The van der Waals surface area contributed by atoms with Crippen molar-refractivity contribution in [2.45, 2.75) is 18.9 Å². The third kappa shape index (κ3) is 4.24. The molecule has 5 rings (SSSR count). The van der Waals surface area contributed by atoms with Gasteiger partial charge in [-0.1, -0.05) is 12.1 Å². The molecule has 2 aromatic rings. The summed E-state index contributed by atoms with van der Waals surface area (Å²) in [6.45, 7) is 5.59. The molecule has 0 bridgehead atoms. The zero-order valence-corrected chi connectivity index (χ0v) is 18.0. The quantitative estimate of drug-likeness (QED) is 0.669. The summed E-state index contributed by atoms with van der Waals surface area (Å²) >= 11 is 0. The van der Waals surface area contributed by atoms with E-state index in [9.17, 15) is 9.59 Å². The van der Waals surface area contributed by atoms with Gasteiger partial charge in [-0.05, 0) is 35.7 Å². The lowest BCUT2D eigenvalue weighted by atomic mass is 9.96. The SMILES string of the molecule is O=C1CCc2cc(C3=C(c4ccncc4)C(=O)C(CNCCN4CCOCC4)O3)ccc21. The maximum absolute atomic E-state index is 13.3. The van der Waals surface area contributed by atoms with Crippen LogP contribution in [0.3, 0.4) is 0 Å². The van der Waals surface area contributed by atoms with Gasteiger partial charge in [0.15, 0.2) is 11.9 Å². The maximum atomic E-state index is 13.3. The lowest BCUT2D eigenvalue weighted by molar-refractivity contribution is -0.119. The van der Waals surface area contributed by atoms with E-state index in [0.29, 0.717) is 24.3 Å². The van der Waals surface area contributed by atoms with Crippen molar-refractivity contribution in [2.75, 3.05) is 45.9 Å². The average Bonchev–Trinajstić information content (AvgIpc) is 3.37. The van der Waals surface area contributed by atoms with Gasteiger partial charge in [-0.15, -0.1) is 0 Å². The Morgan fingerprint density at radius 2 is 1.84 bits per heavy atom. The first-order valence-electron chi connectivity index (χ1n) is 11.2. The number of carbonyl (C=O) groups is 2.